The molecule has 90 valence electrons. The third-order valence-corrected chi connectivity index (χ3v) is 4.07. The molecule has 1 aromatic rings. The molecule has 1 N–H and O–H groups in total. The topological polar surface area (TPSA) is 94.5 Å². The van der Waals surface area contributed by atoms with Gasteiger partial charge in [0.1, 0.15) is 10.1 Å². The summed E-state index contributed by atoms with van der Waals surface area (Å²) in [6.45, 7) is 1.24. The second-order valence-corrected chi connectivity index (χ2v) is 5.33. The molecule has 2 rings (SSSR count). The van der Waals surface area contributed by atoms with E-state index in [4.69, 9.17) is 0 Å². The first-order valence-electron chi connectivity index (χ1n) is 4.79. The van der Waals surface area contributed by atoms with E-state index < -0.39 is 20.8 Å². The Kier molecular flexibility index (Phi) is 4.22. The first-order valence-corrected chi connectivity index (χ1v) is 6.19. The molecular formula is C11H9NaO5S. The van der Waals surface area contributed by atoms with Gasteiger partial charge in [0.05, 0.1) is 0 Å². The van der Waals surface area contributed by atoms with Crippen molar-refractivity contribution < 1.29 is 52.4 Å². The summed E-state index contributed by atoms with van der Waals surface area (Å²) in [7, 11) is -5.03. The van der Waals surface area contributed by atoms with Gasteiger partial charge in [0.15, 0.2) is 5.78 Å². The van der Waals surface area contributed by atoms with Crippen LogP contribution in [0.4, 0.5) is 0 Å². The molecule has 0 fully saturated rings. The fourth-order valence-electron chi connectivity index (χ4n) is 1.91. The van der Waals surface area contributed by atoms with Crippen LogP contribution in [0.15, 0.2) is 35.9 Å². The van der Waals surface area contributed by atoms with Crippen LogP contribution < -0.4 is 29.6 Å². The molecule has 1 aliphatic rings. The van der Waals surface area contributed by atoms with E-state index in [0.29, 0.717) is 0 Å². The van der Waals surface area contributed by atoms with E-state index in [1.807, 2.05) is 0 Å². The van der Waals surface area contributed by atoms with Gasteiger partial charge in [-0.05, 0) is 18.6 Å². The van der Waals surface area contributed by atoms with Gasteiger partial charge in [-0.2, -0.15) is 0 Å². The van der Waals surface area contributed by atoms with Gasteiger partial charge in [-0.3, -0.25) is 4.79 Å². The molecule has 0 spiro atoms. The zero-order valence-corrected chi connectivity index (χ0v) is 12.7. The zero-order chi connectivity index (χ0) is 12.8. The van der Waals surface area contributed by atoms with E-state index in [2.05, 4.69) is 0 Å². The molecule has 0 aliphatic heterocycles. The Balaban J connectivity index is 0.00000162. The van der Waals surface area contributed by atoms with Crippen LogP contribution in [0, 0.1) is 0 Å². The van der Waals surface area contributed by atoms with Crippen molar-refractivity contribution in [2.45, 2.75) is 11.9 Å². The summed E-state index contributed by atoms with van der Waals surface area (Å²) < 4.78 is 33.7. The van der Waals surface area contributed by atoms with Crippen molar-refractivity contribution >= 4 is 15.9 Å². The Bertz CT molecular complexity index is 635. The molecule has 18 heavy (non-hydrogen) atoms. The molecule has 1 aliphatic carbocycles. The standard InChI is InChI=1S/C11H10O5S.Na/c1-7-6-10(12)8-4-2-3-5-9(8)11(7,13)17(14,15)16;/h2-6,13H,1H3,(H,14,15,16);/q;+1/p-1. The number of hydrogen-bond acceptors (Lipinski definition) is 5. The summed E-state index contributed by atoms with van der Waals surface area (Å²) in [5, 5.41) is 10.1. The maximum absolute atomic E-state index is 11.6. The Morgan fingerprint density at radius 3 is 2.39 bits per heavy atom. The van der Waals surface area contributed by atoms with E-state index >= 15 is 0 Å². The molecule has 1 atom stereocenters. The summed E-state index contributed by atoms with van der Waals surface area (Å²) in [6, 6.07) is 5.62. The number of benzene rings is 1. The average molecular weight is 276 g/mol. The molecule has 0 bridgehead atoms. The van der Waals surface area contributed by atoms with Gasteiger partial charge in [0.25, 0.3) is 0 Å². The van der Waals surface area contributed by atoms with Crippen LogP contribution in [0.2, 0.25) is 0 Å². The van der Waals surface area contributed by atoms with Crippen LogP contribution in [0.1, 0.15) is 22.8 Å². The maximum atomic E-state index is 11.6. The van der Waals surface area contributed by atoms with Crippen molar-refractivity contribution in [2.75, 3.05) is 0 Å². The molecule has 0 saturated carbocycles. The van der Waals surface area contributed by atoms with Crippen LogP contribution in [0.5, 0.6) is 0 Å². The number of fused-ring (bicyclic) bond motifs is 1. The molecule has 0 amide bonds. The number of carbonyl (C=O) groups excluding carboxylic acids is 1. The summed E-state index contributed by atoms with van der Waals surface area (Å²) in [5.41, 5.74) is -0.337. The molecule has 0 aromatic heterocycles. The second-order valence-electron chi connectivity index (χ2n) is 3.84. The number of rotatable bonds is 1. The van der Waals surface area contributed by atoms with Gasteiger partial charge < -0.3 is 9.66 Å². The Morgan fingerprint density at radius 1 is 1.28 bits per heavy atom. The van der Waals surface area contributed by atoms with Gasteiger partial charge in [-0.25, -0.2) is 8.42 Å². The van der Waals surface area contributed by atoms with Crippen molar-refractivity contribution in [3.05, 3.63) is 47.0 Å². The third kappa shape index (κ3) is 2.09. The summed E-state index contributed by atoms with van der Waals surface area (Å²) in [4.78, 5) is 8.97. The van der Waals surface area contributed by atoms with Crippen molar-refractivity contribution in [1.29, 1.82) is 0 Å². The smallest absolute Gasteiger partial charge is 0.745 e. The van der Waals surface area contributed by atoms with Crippen molar-refractivity contribution in [3.8, 4) is 0 Å². The van der Waals surface area contributed by atoms with Gasteiger partial charge in [0.2, 0.25) is 4.93 Å². The van der Waals surface area contributed by atoms with E-state index in [1.165, 1.54) is 31.2 Å². The van der Waals surface area contributed by atoms with Crippen LogP contribution in [-0.4, -0.2) is 23.9 Å². The molecule has 1 unspecified atom stereocenters. The van der Waals surface area contributed by atoms with Crippen LogP contribution >= 0.6 is 0 Å². The van der Waals surface area contributed by atoms with Gasteiger partial charge in [-0.1, -0.05) is 24.3 Å². The van der Waals surface area contributed by atoms with Crippen molar-refractivity contribution in [1.82, 2.24) is 0 Å². The van der Waals surface area contributed by atoms with E-state index in [9.17, 15) is 22.9 Å². The third-order valence-electron chi connectivity index (χ3n) is 2.80. The van der Waals surface area contributed by atoms with Crippen molar-refractivity contribution in [2.24, 2.45) is 0 Å². The van der Waals surface area contributed by atoms with E-state index in [-0.39, 0.29) is 46.3 Å². The number of ketones is 1. The fraction of sp³-hybridized carbons (Fsp3) is 0.182. The Morgan fingerprint density at radius 2 is 1.83 bits per heavy atom. The molecule has 5 nitrogen and oxygen atoms in total. The van der Waals surface area contributed by atoms with Crippen LogP contribution in [0.3, 0.4) is 0 Å². The quantitative estimate of drug-likeness (QED) is 0.453. The predicted octanol–water partition coefficient (Wildman–Crippen LogP) is -2.48. The average Bonchev–Trinajstić information content (AvgIpc) is 2.24. The predicted molar refractivity (Wildman–Crippen MR) is 58.1 cm³/mol. The first-order chi connectivity index (χ1) is 7.78. The largest absolute Gasteiger partial charge is 1.00 e. The van der Waals surface area contributed by atoms with Gasteiger partial charge in [-0.15, -0.1) is 0 Å². The van der Waals surface area contributed by atoms with Crippen molar-refractivity contribution in [3.63, 3.8) is 0 Å². The minimum atomic E-state index is -5.03. The molecule has 0 radical (unpaired) electrons. The number of carbonyl (C=O) groups is 1. The second kappa shape index (κ2) is 4.88. The molecule has 7 heteroatoms. The minimum absolute atomic E-state index is 0. The van der Waals surface area contributed by atoms with Crippen LogP contribution in [-0.2, 0) is 15.1 Å². The minimum Gasteiger partial charge on any atom is -0.745 e. The molecule has 0 saturated heterocycles. The maximum Gasteiger partial charge on any atom is 1.00 e. The van der Waals surface area contributed by atoms with Crippen LogP contribution in [0.25, 0.3) is 0 Å². The normalized spacial score (nSPS) is 22.8. The summed E-state index contributed by atoms with van der Waals surface area (Å²) >= 11 is 0. The fourth-order valence-corrected chi connectivity index (χ4v) is 2.81. The first kappa shape index (κ1) is 15.6. The summed E-state index contributed by atoms with van der Waals surface area (Å²) in [5.74, 6) is -0.425. The SMILES string of the molecule is CC1=CC(=O)c2ccccc2C1(O)S(=O)(=O)[O-].[Na+]. The Labute approximate surface area is 127 Å². The molecular weight excluding hydrogens is 267 g/mol. The number of hydrogen-bond donors (Lipinski definition) is 1. The number of aliphatic hydroxyl groups is 1. The number of allylic oxidation sites excluding steroid dienone is 1. The molecule has 0 heterocycles. The van der Waals surface area contributed by atoms with E-state index in [0.717, 1.165) is 6.08 Å². The Hall–Kier alpha value is -0.500. The molecule has 1 aromatic carbocycles. The van der Waals surface area contributed by atoms with E-state index in [1.54, 1.807) is 0 Å². The van der Waals surface area contributed by atoms with Gasteiger partial charge >= 0.3 is 29.6 Å². The monoisotopic (exact) mass is 276 g/mol. The van der Waals surface area contributed by atoms with Gasteiger partial charge in [0, 0.05) is 11.1 Å². The zero-order valence-electron chi connectivity index (χ0n) is 9.88. The summed E-state index contributed by atoms with van der Waals surface area (Å²) in [6.07, 6.45) is 0.970.